The predicted octanol–water partition coefficient (Wildman–Crippen LogP) is 4.18. The van der Waals surface area contributed by atoms with Crippen LogP contribution in [0.4, 0.5) is 0 Å². The molecular formula is C17H13ClN2O2. The standard InChI is InChI=1S/C17H13ClN2O2/c1-22-12-7-8-15(21)13(9-12)14-10-16(18)20-17(19-14)11-5-3-2-4-6-11/h2-10,21H,1H3. The van der Waals surface area contributed by atoms with E-state index < -0.39 is 0 Å². The number of phenols is 1. The fraction of sp³-hybridized carbons (Fsp3) is 0.0588. The second-order valence-electron chi connectivity index (χ2n) is 4.65. The van der Waals surface area contributed by atoms with E-state index in [1.165, 1.54) is 0 Å². The number of benzene rings is 2. The molecule has 1 N–H and O–H groups in total. The zero-order valence-electron chi connectivity index (χ0n) is 11.8. The van der Waals surface area contributed by atoms with E-state index in [1.807, 2.05) is 30.3 Å². The Bertz CT molecular complexity index is 807. The number of rotatable bonds is 3. The summed E-state index contributed by atoms with van der Waals surface area (Å²) in [5, 5.41) is 10.4. The van der Waals surface area contributed by atoms with Gasteiger partial charge in [0, 0.05) is 17.2 Å². The molecule has 1 heterocycles. The molecule has 3 rings (SSSR count). The summed E-state index contributed by atoms with van der Waals surface area (Å²) in [5.41, 5.74) is 1.93. The van der Waals surface area contributed by atoms with E-state index in [1.54, 1.807) is 31.4 Å². The van der Waals surface area contributed by atoms with Crippen LogP contribution in [0.25, 0.3) is 22.6 Å². The predicted molar refractivity (Wildman–Crippen MR) is 86.1 cm³/mol. The summed E-state index contributed by atoms with van der Waals surface area (Å²) in [6.45, 7) is 0. The first-order valence-corrected chi connectivity index (χ1v) is 7.02. The molecule has 0 aliphatic rings. The second kappa shape index (κ2) is 6.03. The lowest BCUT2D eigenvalue weighted by Gasteiger charge is -2.09. The summed E-state index contributed by atoms with van der Waals surface area (Å²) in [7, 11) is 1.57. The number of aromatic nitrogens is 2. The third-order valence-corrected chi connectivity index (χ3v) is 3.40. The molecular weight excluding hydrogens is 300 g/mol. The smallest absolute Gasteiger partial charge is 0.161 e. The number of hydrogen-bond acceptors (Lipinski definition) is 4. The Morgan fingerprint density at radius 3 is 2.50 bits per heavy atom. The van der Waals surface area contributed by atoms with E-state index in [-0.39, 0.29) is 5.75 Å². The molecule has 0 saturated carbocycles. The van der Waals surface area contributed by atoms with Gasteiger partial charge in [0.25, 0.3) is 0 Å². The molecule has 0 aliphatic heterocycles. The zero-order valence-corrected chi connectivity index (χ0v) is 12.6. The van der Waals surface area contributed by atoms with E-state index in [9.17, 15) is 5.11 Å². The Labute approximate surface area is 133 Å². The molecule has 3 aromatic rings. The molecule has 110 valence electrons. The average molecular weight is 313 g/mol. The van der Waals surface area contributed by atoms with Crippen LogP contribution >= 0.6 is 11.6 Å². The van der Waals surface area contributed by atoms with Crippen molar-refractivity contribution in [1.29, 1.82) is 0 Å². The Morgan fingerprint density at radius 1 is 1.00 bits per heavy atom. The minimum atomic E-state index is 0.106. The van der Waals surface area contributed by atoms with Gasteiger partial charge < -0.3 is 9.84 Å². The molecule has 0 saturated heterocycles. The maximum atomic E-state index is 10.1. The molecule has 0 atom stereocenters. The van der Waals surface area contributed by atoms with Crippen LogP contribution in [0.3, 0.4) is 0 Å². The van der Waals surface area contributed by atoms with Gasteiger partial charge in [-0.3, -0.25) is 0 Å². The van der Waals surface area contributed by atoms with Gasteiger partial charge in [0.2, 0.25) is 0 Å². The first-order chi connectivity index (χ1) is 10.7. The van der Waals surface area contributed by atoms with Crippen molar-refractivity contribution in [2.24, 2.45) is 0 Å². The minimum Gasteiger partial charge on any atom is -0.507 e. The molecule has 0 aliphatic carbocycles. The van der Waals surface area contributed by atoms with Crippen LogP contribution < -0.4 is 4.74 Å². The Morgan fingerprint density at radius 2 is 1.77 bits per heavy atom. The molecule has 0 bridgehead atoms. The highest BCUT2D eigenvalue weighted by Crippen LogP contribution is 2.33. The van der Waals surface area contributed by atoms with Crippen LogP contribution in [0.1, 0.15) is 0 Å². The van der Waals surface area contributed by atoms with Crippen molar-refractivity contribution >= 4 is 11.6 Å². The average Bonchev–Trinajstić information content (AvgIpc) is 2.55. The van der Waals surface area contributed by atoms with E-state index in [0.29, 0.717) is 28.0 Å². The number of halogens is 1. The van der Waals surface area contributed by atoms with E-state index >= 15 is 0 Å². The Kier molecular flexibility index (Phi) is 3.94. The van der Waals surface area contributed by atoms with Gasteiger partial charge in [-0.25, -0.2) is 9.97 Å². The minimum absolute atomic E-state index is 0.106. The topological polar surface area (TPSA) is 55.2 Å². The van der Waals surface area contributed by atoms with Gasteiger partial charge in [-0.2, -0.15) is 0 Å². The third kappa shape index (κ3) is 2.87. The molecule has 1 aromatic heterocycles. The van der Waals surface area contributed by atoms with Gasteiger partial charge >= 0.3 is 0 Å². The van der Waals surface area contributed by atoms with Crippen molar-refractivity contribution in [2.45, 2.75) is 0 Å². The van der Waals surface area contributed by atoms with Crippen molar-refractivity contribution in [2.75, 3.05) is 7.11 Å². The number of hydrogen-bond donors (Lipinski definition) is 1. The highest BCUT2D eigenvalue weighted by Gasteiger charge is 2.12. The molecule has 0 fully saturated rings. The first kappa shape index (κ1) is 14.4. The van der Waals surface area contributed by atoms with E-state index in [2.05, 4.69) is 9.97 Å². The second-order valence-corrected chi connectivity index (χ2v) is 5.04. The van der Waals surface area contributed by atoms with E-state index in [4.69, 9.17) is 16.3 Å². The Balaban J connectivity index is 2.14. The fourth-order valence-electron chi connectivity index (χ4n) is 2.12. The molecule has 0 spiro atoms. The van der Waals surface area contributed by atoms with Crippen LogP contribution in [0, 0.1) is 0 Å². The highest BCUT2D eigenvalue weighted by molar-refractivity contribution is 6.29. The summed E-state index contributed by atoms with van der Waals surface area (Å²) in [5.74, 6) is 1.24. The first-order valence-electron chi connectivity index (χ1n) is 6.65. The van der Waals surface area contributed by atoms with Crippen LogP contribution in [0.2, 0.25) is 5.15 Å². The molecule has 5 heteroatoms. The monoisotopic (exact) mass is 312 g/mol. The quantitative estimate of drug-likeness (QED) is 0.737. The van der Waals surface area contributed by atoms with Gasteiger partial charge in [0.15, 0.2) is 5.82 Å². The zero-order chi connectivity index (χ0) is 15.5. The Hall–Kier alpha value is -2.59. The molecule has 4 nitrogen and oxygen atoms in total. The van der Waals surface area contributed by atoms with Crippen LogP contribution in [0.15, 0.2) is 54.6 Å². The van der Waals surface area contributed by atoms with Crippen molar-refractivity contribution in [1.82, 2.24) is 9.97 Å². The van der Waals surface area contributed by atoms with Gasteiger partial charge in [-0.15, -0.1) is 0 Å². The molecule has 0 unspecified atom stereocenters. The lowest BCUT2D eigenvalue weighted by Crippen LogP contribution is -1.94. The summed E-state index contributed by atoms with van der Waals surface area (Å²) in [6.07, 6.45) is 0. The normalized spacial score (nSPS) is 10.5. The number of phenolic OH excluding ortho intramolecular Hbond substituents is 1. The largest absolute Gasteiger partial charge is 0.507 e. The molecule has 0 amide bonds. The molecule has 0 radical (unpaired) electrons. The van der Waals surface area contributed by atoms with E-state index in [0.717, 1.165) is 5.56 Å². The van der Waals surface area contributed by atoms with Crippen LogP contribution in [-0.4, -0.2) is 22.2 Å². The third-order valence-electron chi connectivity index (χ3n) is 3.21. The van der Waals surface area contributed by atoms with Crippen molar-refractivity contribution in [3.05, 3.63) is 59.8 Å². The maximum Gasteiger partial charge on any atom is 0.161 e. The molecule has 2 aromatic carbocycles. The van der Waals surface area contributed by atoms with Gasteiger partial charge in [-0.1, -0.05) is 41.9 Å². The summed E-state index contributed by atoms with van der Waals surface area (Å²) in [4.78, 5) is 8.74. The van der Waals surface area contributed by atoms with Gasteiger partial charge in [-0.05, 0) is 18.2 Å². The highest BCUT2D eigenvalue weighted by atomic mass is 35.5. The molecule has 22 heavy (non-hydrogen) atoms. The summed E-state index contributed by atoms with van der Waals surface area (Å²) in [6, 6.07) is 16.1. The number of ether oxygens (including phenoxy) is 1. The van der Waals surface area contributed by atoms with Crippen LogP contribution in [0.5, 0.6) is 11.5 Å². The number of methoxy groups -OCH3 is 1. The summed E-state index contributed by atoms with van der Waals surface area (Å²) < 4.78 is 5.19. The fourth-order valence-corrected chi connectivity index (χ4v) is 2.30. The number of nitrogens with zero attached hydrogens (tertiary/aromatic N) is 2. The van der Waals surface area contributed by atoms with Gasteiger partial charge in [0.1, 0.15) is 16.7 Å². The summed E-state index contributed by atoms with van der Waals surface area (Å²) >= 11 is 6.11. The van der Waals surface area contributed by atoms with Crippen molar-refractivity contribution in [3.63, 3.8) is 0 Å². The van der Waals surface area contributed by atoms with Crippen molar-refractivity contribution < 1.29 is 9.84 Å². The van der Waals surface area contributed by atoms with Gasteiger partial charge in [0.05, 0.1) is 12.8 Å². The SMILES string of the molecule is COc1ccc(O)c(-c2cc(Cl)nc(-c3ccccc3)n2)c1. The van der Waals surface area contributed by atoms with Crippen molar-refractivity contribution in [3.8, 4) is 34.1 Å². The lowest BCUT2D eigenvalue weighted by molar-refractivity contribution is 0.412. The maximum absolute atomic E-state index is 10.1. The number of aromatic hydroxyl groups is 1. The van der Waals surface area contributed by atoms with Crippen LogP contribution in [-0.2, 0) is 0 Å². The lowest BCUT2D eigenvalue weighted by atomic mass is 10.1.